The lowest BCUT2D eigenvalue weighted by Gasteiger charge is -2.11. The summed E-state index contributed by atoms with van der Waals surface area (Å²) in [5.74, 6) is 1.00. The van der Waals surface area contributed by atoms with E-state index in [1.54, 1.807) is 6.20 Å². The minimum Gasteiger partial charge on any atom is -0.334 e. The number of pyridine rings is 1. The molecule has 0 saturated carbocycles. The molecular formula is C26H28ClN5O. The molecule has 33 heavy (non-hydrogen) atoms. The number of nitrogens with zero attached hydrogens (tertiary/aromatic N) is 3. The molecule has 2 amide bonds. The van der Waals surface area contributed by atoms with E-state index in [-0.39, 0.29) is 6.03 Å². The van der Waals surface area contributed by atoms with Crippen LogP contribution in [0, 0.1) is 6.92 Å². The Morgan fingerprint density at radius 1 is 1.06 bits per heavy atom. The highest BCUT2D eigenvalue weighted by Gasteiger charge is 2.17. The number of anilines is 1. The Balaban J connectivity index is 1.58. The van der Waals surface area contributed by atoms with E-state index in [9.17, 15) is 4.79 Å². The summed E-state index contributed by atoms with van der Waals surface area (Å²) in [5, 5.41) is 6.53. The number of unbranched alkanes of at least 4 members (excludes halogenated alkanes) is 1. The van der Waals surface area contributed by atoms with Crippen LogP contribution in [0.4, 0.5) is 10.5 Å². The van der Waals surface area contributed by atoms with E-state index in [2.05, 4.69) is 27.1 Å². The monoisotopic (exact) mass is 461 g/mol. The largest absolute Gasteiger partial charge is 0.334 e. The topological polar surface area (TPSA) is 71.8 Å². The zero-order valence-electron chi connectivity index (χ0n) is 18.9. The zero-order chi connectivity index (χ0) is 23.2. The molecule has 0 aliphatic carbocycles. The number of nitrogens with one attached hydrogen (secondary N) is 2. The van der Waals surface area contributed by atoms with E-state index in [0.717, 1.165) is 58.0 Å². The molecule has 4 rings (SSSR count). The molecule has 0 bridgehead atoms. The predicted octanol–water partition coefficient (Wildman–Crippen LogP) is 6.11. The number of halogens is 1. The Morgan fingerprint density at radius 3 is 2.55 bits per heavy atom. The second kappa shape index (κ2) is 10.5. The number of carbonyl (C=O) groups is 1. The molecule has 6 nitrogen and oxygen atoms in total. The number of fused-ring (bicyclic) bond motifs is 1. The van der Waals surface area contributed by atoms with Crippen LogP contribution in [0.1, 0.15) is 42.3 Å². The lowest BCUT2D eigenvalue weighted by Crippen LogP contribution is -2.28. The Kier molecular flexibility index (Phi) is 7.25. The highest BCUT2D eigenvalue weighted by Crippen LogP contribution is 2.26. The zero-order valence-corrected chi connectivity index (χ0v) is 19.7. The normalized spacial score (nSPS) is 11.0. The van der Waals surface area contributed by atoms with Crippen molar-refractivity contribution in [1.29, 1.82) is 0 Å². The van der Waals surface area contributed by atoms with Crippen molar-refractivity contribution in [3.8, 4) is 0 Å². The molecule has 0 aliphatic heterocycles. The number of carbonyl (C=O) groups excluding carboxylic acids is 1. The molecule has 170 valence electrons. The average Bonchev–Trinajstić information content (AvgIpc) is 3.18. The lowest BCUT2D eigenvalue weighted by molar-refractivity contribution is 0.251. The second-order valence-electron chi connectivity index (χ2n) is 8.11. The van der Waals surface area contributed by atoms with Crippen LogP contribution in [0.2, 0.25) is 5.02 Å². The number of rotatable bonds is 8. The van der Waals surface area contributed by atoms with E-state index in [1.165, 1.54) is 0 Å². The van der Waals surface area contributed by atoms with E-state index >= 15 is 0 Å². The second-order valence-corrected chi connectivity index (χ2v) is 8.54. The quantitative estimate of drug-likeness (QED) is 0.332. The van der Waals surface area contributed by atoms with Gasteiger partial charge in [-0.25, -0.2) is 14.8 Å². The summed E-state index contributed by atoms with van der Waals surface area (Å²) in [6.07, 6.45) is 4.73. The van der Waals surface area contributed by atoms with E-state index in [0.29, 0.717) is 18.8 Å². The van der Waals surface area contributed by atoms with Crippen molar-refractivity contribution >= 4 is 34.5 Å². The maximum absolute atomic E-state index is 12.5. The van der Waals surface area contributed by atoms with Crippen molar-refractivity contribution < 1.29 is 4.79 Å². The summed E-state index contributed by atoms with van der Waals surface area (Å²) < 4.78 is 2.17. The summed E-state index contributed by atoms with van der Waals surface area (Å²) in [4.78, 5) is 22.1. The molecule has 7 heteroatoms. The number of imidazole rings is 1. The van der Waals surface area contributed by atoms with Crippen molar-refractivity contribution in [2.45, 2.75) is 46.2 Å². The molecule has 0 atom stereocenters. The van der Waals surface area contributed by atoms with Crippen LogP contribution >= 0.6 is 11.6 Å². The Morgan fingerprint density at radius 2 is 1.82 bits per heavy atom. The van der Waals surface area contributed by atoms with Crippen LogP contribution in [-0.4, -0.2) is 20.6 Å². The highest BCUT2D eigenvalue weighted by atomic mass is 35.5. The molecule has 0 aliphatic rings. The number of benzene rings is 2. The van der Waals surface area contributed by atoms with Crippen molar-refractivity contribution in [2.24, 2.45) is 0 Å². The smallest absolute Gasteiger partial charge is 0.319 e. The van der Waals surface area contributed by atoms with Gasteiger partial charge in [-0.05, 0) is 36.6 Å². The summed E-state index contributed by atoms with van der Waals surface area (Å²) in [6.45, 7) is 5.27. The van der Waals surface area contributed by atoms with Crippen LogP contribution in [0.15, 0.2) is 60.8 Å². The summed E-state index contributed by atoms with van der Waals surface area (Å²) >= 11 is 6.05. The molecule has 2 heterocycles. The van der Waals surface area contributed by atoms with Gasteiger partial charge >= 0.3 is 6.03 Å². The Labute approximate surface area is 199 Å². The molecular weight excluding hydrogens is 434 g/mol. The SMILES string of the molecule is CCCCc1nc2c(C)c(NC(=O)NCc3ccccc3)cnc2n1Cc1ccc(Cl)cc1. The van der Waals surface area contributed by atoms with Gasteiger partial charge in [0.2, 0.25) is 0 Å². The van der Waals surface area contributed by atoms with Gasteiger partial charge in [0, 0.05) is 23.6 Å². The minimum absolute atomic E-state index is 0.269. The summed E-state index contributed by atoms with van der Waals surface area (Å²) in [7, 11) is 0. The minimum atomic E-state index is -0.269. The first-order valence-corrected chi connectivity index (χ1v) is 11.6. The first kappa shape index (κ1) is 22.8. The molecule has 0 spiro atoms. The fourth-order valence-corrected chi connectivity index (χ4v) is 3.88. The summed E-state index contributed by atoms with van der Waals surface area (Å²) in [5.41, 5.74) is 5.38. The molecule has 2 aromatic carbocycles. The van der Waals surface area contributed by atoms with Gasteiger partial charge in [-0.1, -0.05) is 67.4 Å². The number of hydrogen-bond acceptors (Lipinski definition) is 3. The third-order valence-electron chi connectivity index (χ3n) is 5.65. The number of aromatic nitrogens is 3. The molecule has 0 radical (unpaired) electrons. The number of urea groups is 1. The predicted molar refractivity (Wildman–Crippen MR) is 134 cm³/mol. The number of hydrogen-bond donors (Lipinski definition) is 2. The maximum Gasteiger partial charge on any atom is 0.319 e. The van der Waals surface area contributed by atoms with Crippen LogP contribution in [0.25, 0.3) is 11.2 Å². The standard InChI is InChI=1S/C26H28ClN5O/c1-3-4-10-23-31-24-18(2)22(30-26(33)29-15-19-8-6-5-7-9-19)16-28-25(24)32(23)17-20-11-13-21(27)14-12-20/h5-9,11-14,16H,3-4,10,15,17H2,1-2H3,(H2,29,30,33). The maximum atomic E-state index is 12.5. The van der Waals surface area contributed by atoms with Crippen LogP contribution in [0.3, 0.4) is 0 Å². The molecule has 0 saturated heterocycles. The van der Waals surface area contributed by atoms with Gasteiger partial charge in [-0.2, -0.15) is 0 Å². The van der Waals surface area contributed by atoms with Gasteiger partial charge in [0.15, 0.2) is 5.65 Å². The van der Waals surface area contributed by atoms with E-state index < -0.39 is 0 Å². The molecule has 2 N–H and O–H groups in total. The van der Waals surface area contributed by atoms with Gasteiger partial charge in [-0.15, -0.1) is 0 Å². The third-order valence-corrected chi connectivity index (χ3v) is 5.90. The number of aryl methyl sites for hydroxylation is 2. The molecule has 2 aromatic heterocycles. The van der Waals surface area contributed by atoms with E-state index in [4.69, 9.17) is 16.6 Å². The molecule has 4 aromatic rings. The van der Waals surface area contributed by atoms with Gasteiger partial charge in [-0.3, -0.25) is 0 Å². The highest BCUT2D eigenvalue weighted by molar-refractivity contribution is 6.30. The Bertz CT molecular complexity index is 1240. The first-order chi connectivity index (χ1) is 16.0. The van der Waals surface area contributed by atoms with Crippen molar-refractivity contribution in [3.63, 3.8) is 0 Å². The molecule has 0 unspecified atom stereocenters. The first-order valence-electron chi connectivity index (χ1n) is 11.2. The van der Waals surface area contributed by atoms with Crippen LogP contribution in [0.5, 0.6) is 0 Å². The average molecular weight is 462 g/mol. The summed E-state index contributed by atoms with van der Waals surface area (Å²) in [6, 6.07) is 17.4. The van der Waals surface area contributed by atoms with Crippen LogP contribution < -0.4 is 10.6 Å². The Hall–Kier alpha value is -3.38. The van der Waals surface area contributed by atoms with Gasteiger partial charge in [0.1, 0.15) is 11.3 Å². The number of amides is 2. The van der Waals surface area contributed by atoms with Crippen molar-refractivity contribution in [2.75, 3.05) is 5.32 Å². The fraction of sp³-hybridized carbons (Fsp3) is 0.269. The van der Waals surface area contributed by atoms with E-state index in [1.807, 2.05) is 61.5 Å². The fourth-order valence-electron chi connectivity index (χ4n) is 3.76. The van der Waals surface area contributed by atoms with Gasteiger partial charge < -0.3 is 15.2 Å². The van der Waals surface area contributed by atoms with Crippen LogP contribution in [-0.2, 0) is 19.5 Å². The molecule has 0 fully saturated rings. The van der Waals surface area contributed by atoms with Crippen molar-refractivity contribution in [3.05, 3.63) is 88.3 Å². The lowest BCUT2D eigenvalue weighted by atomic mass is 10.2. The third kappa shape index (κ3) is 5.52. The van der Waals surface area contributed by atoms with Gasteiger partial charge in [0.05, 0.1) is 18.4 Å². The van der Waals surface area contributed by atoms with Crippen molar-refractivity contribution in [1.82, 2.24) is 19.9 Å². The van der Waals surface area contributed by atoms with Gasteiger partial charge in [0.25, 0.3) is 0 Å².